The van der Waals surface area contributed by atoms with Crippen molar-refractivity contribution in [2.75, 3.05) is 20.4 Å². The summed E-state index contributed by atoms with van der Waals surface area (Å²) in [7, 11) is 1.44. The number of methoxy groups -OCH3 is 2. The van der Waals surface area contributed by atoms with E-state index in [-0.39, 0.29) is 12.2 Å². The van der Waals surface area contributed by atoms with E-state index < -0.39 is 7.26 Å². The van der Waals surface area contributed by atoms with Gasteiger partial charge in [-0.3, -0.25) is 0 Å². The number of ether oxygens (including phenoxy) is 2. The molecule has 0 N–H and O–H groups in total. The van der Waals surface area contributed by atoms with E-state index in [4.69, 9.17) is 9.47 Å². The predicted octanol–water partition coefficient (Wildman–Crippen LogP) is 7.36. The fourth-order valence-electron chi connectivity index (χ4n) is 6.07. The molecule has 0 bridgehead atoms. The van der Waals surface area contributed by atoms with Gasteiger partial charge in [-0.2, -0.15) is 0 Å². The van der Waals surface area contributed by atoms with Gasteiger partial charge in [-0.05, 0) is 0 Å². The first-order valence-electron chi connectivity index (χ1n) is 14.3. The summed E-state index contributed by atoms with van der Waals surface area (Å²) in [5.74, 6) is 0. The van der Waals surface area contributed by atoms with Gasteiger partial charge in [-0.1, -0.05) is 0 Å². The van der Waals surface area contributed by atoms with Gasteiger partial charge in [-0.15, -0.1) is 0 Å². The van der Waals surface area contributed by atoms with Gasteiger partial charge < -0.3 is 4.74 Å². The molecule has 2 unspecified atom stereocenters. The van der Waals surface area contributed by atoms with Gasteiger partial charge in [0.1, 0.15) is 0 Å². The Morgan fingerprint density at radius 3 is 1.45 bits per heavy atom. The van der Waals surface area contributed by atoms with Crippen molar-refractivity contribution in [2.45, 2.75) is 64.1 Å². The topological polar surface area (TPSA) is 18.5 Å². The number of allylic oxidation sites excluding steroid dienone is 2. The molecular weight excluding hydrogens is 483 g/mol. The van der Waals surface area contributed by atoms with Crippen LogP contribution in [-0.4, -0.2) is 32.6 Å². The van der Waals surface area contributed by atoms with Crippen molar-refractivity contribution in [1.82, 2.24) is 0 Å². The third kappa shape index (κ3) is 6.92. The molecule has 3 aromatic rings. The third-order valence-corrected chi connectivity index (χ3v) is 13.3. The summed E-state index contributed by atoms with van der Waals surface area (Å²) < 4.78 is 11.2. The Morgan fingerprint density at radius 1 is 0.553 bits per heavy atom. The van der Waals surface area contributed by atoms with Crippen LogP contribution in [0, 0.1) is 0 Å². The van der Waals surface area contributed by atoms with Gasteiger partial charge in [0.15, 0.2) is 0 Å². The molecule has 3 heteroatoms. The van der Waals surface area contributed by atoms with Crippen LogP contribution in [0.1, 0.15) is 51.9 Å². The zero-order valence-corrected chi connectivity index (χ0v) is 24.4. The smallest absolute Gasteiger partial charge is 0.0364 e. The molecule has 1 aliphatic rings. The molecule has 0 aliphatic heterocycles. The van der Waals surface area contributed by atoms with Crippen molar-refractivity contribution in [1.29, 1.82) is 0 Å². The first-order valence-corrected chi connectivity index (χ1v) is 16.5. The van der Waals surface area contributed by atoms with Crippen LogP contribution in [-0.2, 0) is 9.47 Å². The molecular formula is C35H45O2P. The Kier molecular flexibility index (Phi) is 10.9. The van der Waals surface area contributed by atoms with Crippen LogP contribution in [0.3, 0.4) is 0 Å². The Labute approximate surface area is 231 Å². The predicted molar refractivity (Wildman–Crippen MR) is 167 cm³/mol. The second-order valence-corrected chi connectivity index (χ2v) is 14.6. The zero-order chi connectivity index (χ0) is 26.6. The van der Waals surface area contributed by atoms with E-state index in [0.717, 1.165) is 6.42 Å². The molecule has 0 aromatic heterocycles. The molecule has 0 saturated carbocycles. The van der Waals surface area contributed by atoms with E-state index >= 15 is 0 Å². The molecule has 38 heavy (non-hydrogen) atoms. The molecule has 4 rings (SSSR count). The first kappa shape index (κ1) is 28.5. The normalized spacial score (nSPS) is 18.1. The van der Waals surface area contributed by atoms with Crippen molar-refractivity contribution >= 4 is 23.2 Å². The fourth-order valence-corrected chi connectivity index (χ4v) is 11.0. The molecule has 202 valence electrons. The molecule has 2 nitrogen and oxygen atoms in total. The van der Waals surface area contributed by atoms with Crippen LogP contribution in [0.25, 0.3) is 0 Å². The number of rotatable bonds is 14. The summed E-state index contributed by atoms with van der Waals surface area (Å²) in [6.07, 6.45) is 14.6. The number of benzene rings is 3. The van der Waals surface area contributed by atoms with Crippen LogP contribution in [0.4, 0.5) is 0 Å². The van der Waals surface area contributed by atoms with Crippen LogP contribution >= 0.6 is 7.26 Å². The monoisotopic (exact) mass is 528 g/mol. The second kappa shape index (κ2) is 14.6. The standard InChI is InChI=1S/C35H45O2P/c1-29-27-34(36-2)35(37-3)28-30(29)19-11-6-4-5-7-18-26-38(31-20-12-8-13-21-31,32-22-14-9-15-23-32)33-24-16-10-17-25-33/h8-10,12-17,20-25,27-28,34-35,38H,4-7,11,18-19,26H2,1-3H3. The summed E-state index contributed by atoms with van der Waals surface area (Å²) in [4.78, 5) is 0. The van der Waals surface area contributed by atoms with E-state index in [0.29, 0.717) is 0 Å². The van der Waals surface area contributed by atoms with Gasteiger partial charge in [0.05, 0.1) is 0 Å². The molecule has 3 aromatic carbocycles. The van der Waals surface area contributed by atoms with E-state index in [2.05, 4.69) is 110 Å². The Morgan fingerprint density at radius 2 is 0.974 bits per heavy atom. The van der Waals surface area contributed by atoms with Gasteiger partial charge >= 0.3 is 212 Å². The van der Waals surface area contributed by atoms with E-state index in [1.165, 1.54) is 71.7 Å². The van der Waals surface area contributed by atoms with Crippen LogP contribution < -0.4 is 15.9 Å². The van der Waals surface area contributed by atoms with Crippen molar-refractivity contribution in [3.05, 3.63) is 114 Å². The quantitative estimate of drug-likeness (QED) is 0.161. The Hall–Kier alpha value is -2.51. The number of hydrogen-bond donors (Lipinski definition) is 0. The molecule has 0 heterocycles. The average Bonchev–Trinajstić information content (AvgIpc) is 2.98. The minimum atomic E-state index is -2.08. The minimum Gasteiger partial charge on any atom is 0.0364 e. The third-order valence-electron chi connectivity index (χ3n) is 8.20. The maximum atomic E-state index is 5.63. The molecule has 0 saturated heterocycles. The van der Waals surface area contributed by atoms with Crippen LogP contribution in [0.15, 0.2) is 114 Å². The molecule has 0 amide bonds. The molecule has 1 aliphatic carbocycles. The SMILES string of the molecule is COC1C=C(C)C(CCCCCCCC[PH](c2ccccc2)(c2ccccc2)c2ccccc2)=CC1OC. The summed E-state index contributed by atoms with van der Waals surface area (Å²) in [6, 6.07) is 33.9. The van der Waals surface area contributed by atoms with E-state index in [1.807, 2.05) is 0 Å². The summed E-state index contributed by atoms with van der Waals surface area (Å²) in [5, 5.41) is 4.56. The van der Waals surface area contributed by atoms with Crippen molar-refractivity contribution in [2.24, 2.45) is 0 Å². The maximum absolute atomic E-state index is 5.63. The molecule has 0 fully saturated rings. The fraction of sp³-hybridized carbons (Fsp3) is 0.371. The first-order chi connectivity index (χ1) is 18.7. The summed E-state index contributed by atoms with van der Waals surface area (Å²) in [5.41, 5.74) is 2.77. The molecule has 0 radical (unpaired) electrons. The van der Waals surface area contributed by atoms with Crippen LogP contribution in [0.5, 0.6) is 0 Å². The number of hydrogen-bond acceptors (Lipinski definition) is 2. The average molecular weight is 529 g/mol. The van der Waals surface area contributed by atoms with Gasteiger partial charge in [-0.25, -0.2) is 0 Å². The molecule has 0 spiro atoms. The second-order valence-electron chi connectivity index (χ2n) is 10.6. The van der Waals surface area contributed by atoms with Crippen LogP contribution in [0.2, 0.25) is 0 Å². The Balaban J connectivity index is 1.34. The van der Waals surface area contributed by atoms with E-state index in [1.54, 1.807) is 14.2 Å². The summed E-state index contributed by atoms with van der Waals surface area (Å²) in [6.45, 7) is 2.20. The minimum absolute atomic E-state index is 0.0296. The Bertz CT molecular complexity index is 1060. The van der Waals surface area contributed by atoms with Gasteiger partial charge in [0.25, 0.3) is 0 Å². The molecule has 2 atom stereocenters. The van der Waals surface area contributed by atoms with Gasteiger partial charge in [0.2, 0.25) is 0 Å². The summed E-state index contributed by atoms with van der Waals surface area (Å²) >= 11 is 0. The van der Waals surface area contributed by atoms with Crippen molar-refractivity contribution in [3.8, 4) is 0 Å². The number of unbranched alkanes of at least 4 members (excludes halogenated alkanes) is 5. The van der Waals surface area contributed by atoms with Gasteiger partial charge in [0, 0.05) is 14.2 Å². The zero-order valence-electron chi connectivity index (χ0n) is 23.4. The van der Waals surface area contributed by atoms with Crippen molar-refractivity contribution in [3.63, 3.8) is 0 Å². The van der Waals surface area contributed by atoms with Crippen molar-refractivity contribution < 1.29 is 9.47 Å². The van der Waals surface area contributed by atoms with E-state index in [9.17, 15) is 0 Å².